The fraction of sp³-hybridized carbons (Fsp3) is 0.222. The lowest BCUT2D eigenvalue weighted by Gasteiger charge is -2.05. The van der Waals surface area contributed by atoms with Crippen LogP contribution in [0.2, 0.25) is 5.02 Å². The van der Waals surface area contributed by atoms with E-state index in [1.165, 1.54) is 18.2 Å². The van der Waals surface area contributed by atoms with Crippen molar-refractivity contribution in [1.29, 1.82) is 0 Å². The van der Waals surface area contributed by atoms with Crippen molar-refractivity contribution in [2.24, 2.45) is 0 Å². The van der Waals surface area contributed by atoms with E-state index in [-0.39, 0.29) is 23.7 Å². The molecular weight excluding hydrogens is 222 g/mol. The molecule has 1 aromatic carbocycles. The summed E-state index contributed by atoms with van der Waals surface area (Å²) in [6.07, 6.45) is 0.979. The van der Waals surface area contributed by atoms with Crippen molar-refractivity contribution in [2.75, 3.05) is 6.61 Å². The third-order valence-electron chi connectivity index (χ3n) is 1.62. The number of non-ortho nitro benzene ring substituents is 1. The number of halogens is 1. The Balaban J connectivity index is 2.74. The topological polar surface area (TPSA) is 69.4 Å². The number of carbonyl (C=O) groups excluding carboxylic acids is 1. The predicted octanol–water partition coefficient (Wildman–Crippen LogP) is 2.22. The second-order valence-corrected chi connectivity index (χ2v) is 3.08. The molecule has 0 saturated heterocycles. The molecule has 0 bridgehead atoms. The Bertz CT molecular complexity index is 380. The highest BCUT2D eigenvalue weighted by atomic mass is 35.5. The Kier molecular flexibility index (Phi) is 4.05. The van der Waals surface area contributed by atoms with Crippen molar-refractivity contribution in [1.82, 2.24) is 0 Å². The number of nitro groups is 1. The molecule has 1 aromatic rings. The van der Waals surface area contributed by atoms with Crippen LogP contribution in [0.1, 0.15) is 6.42 Å². The minimum Gasteiger partial charge on any atom is -0.492 e. The van der Waals surface area contributed by atoms with Crippen LogP contribution in [0, 0.1) is 10.1 Å². The van der Waals surface area contributed by atoms with Crippen LogP contribution in [-0.2, 0) is 4.79 Å². The van der Waals surface area contributed by atoms with Gasteiger partial charge < -0.3 is 9.53 Å². The van der Waals surface area contributed by atoms with Crippen molar-refractivity contribution in [3.8, 4) is 5.75 Å². The summed E-state index contributed by atoms with van der Waals surface area (Å²) in [5.74, 6) is 0.337. The maximum Gasteiger partial charge on any atom is 0.271 e. The molecule has 0 aliphatic heterocycles. The van der Waals surface area contributed by atoms with Gasteiger partial charge in [-0.1, -0.05) is 11.6 Å². The minimum atomic E-state index is -0.541. The van der Waals surface area contributed by atoms with Gasteiger partial charge in [-0.3, -0.25) is 10.1 Å². The zero-order chi connectivity index (χ0) is 11.3. The molecular formula is C9H8ClNO4. The van der Waals surface area contributed by atoms with E-state index >= 15 is 0 Å². The monoisotopic (exact) mass is 229 g/mol. The molecule has 0 N–H and O–H groups in total. The van der Waals surface area contributed by atoms with Gasteiger partial charge in [-0.15, -0.1) is 0 Å². The Labute approximate surface area is 90.8 Å². The molecule has 0 atom stereocenters. The zero-order valence-corrected chi connectivity index (χ0v) is 8.44. The highest BCUT2D eigenvalue weighted by Crippen LogP contribution is 2.28. The van der Waals surface area contributed by atoms with Crippen molar-refractivity contribution in [3.05, 3.63) is 33.3 Å². The number of nitro benzene ring substituents is 1. The van der Waals surface area contributed by atoms with Crippen LogP contribution in [-0.4, -0.2) is 17.8 Å². The van der Waals surface area contributed by atoms with Gasteiger partial charge in [-0.25, -0.2) is 0 Å². The molecule has 15 heavy (non-hydrogen) atoms. The minimum absolute atomic E-state index is 0.0947. The Hall–Kier alpha value is -1.62. The maximum absolute atomic E-state index is 10.4. The van der Waals surface area contributed by atoms with Crippen molar-refractivity contribution >= 4 is 23.6 Å². The Morgan fingerprint density at radius 1 is 1.53 bits per heavy atom. The lowest BCUT2D eigenvalue weighted by Crippen LogP contribution is -1.98. The van der Waals surface area contributed by atoms with Gasteiger partial charge in [0.25, 0.3) is 5.69 Å². The van der Waals surface area contributed by atoms with Gasteiger partial charge in [0.05, 0.1) is 16.6 Å². The van der Waals surface area contributed by atoms with E-state index in [0.717, 1.165) is 6.29 Å². The van der Waals surface area contributed by atoms with Gasteiger partial charge in [0, 0.05) is 18.6 Å². The maximum atomic E-state index is 10.4. The molecule has 0 aromatic heterocycles. The molecule has 6 heteroatoms. The van der Waals surface area contributed by atoms with Crippen molar-refractivity contribution < 1.29 is 14.5 Å². The summed E-state index contributed by atoms with van der Waals surface area (Å²) in [6, 6.07) is 3.91. The summed E-state index contributed by atoms with van der Waals surface area (Å²) in [5, 5.41) is 10.5. The number of carbonyl (C=O) groups is 1. The predicted molar refractivity (Wildman–Crippen MR) is 54.3 cm³/mol. The molecule has 0 aliphatic rings. The van der Waals surface area contributed by atoms with Crippen LogP contribution in [0.3, 0.4) is 0 Å². The number of ether oxygens (including phenoxy) is 1. The number of nitrogens with zero attached hydrogens (tertiary/aromatic N) is 1. The highest BCUT2D eigenvalue weighted by molar-refractivity contribution is 6.32. The SMILES string of the molecule is O=CCCOc1ccc([N+](=O)[O-])cc1Cl. The molecule has 5 nitrogen and oxygen atoms in total. The van der Waals surface area contributed by atoms with E-state index < -0.39 is 4.92 Å². The lowest BCUT2D eigenvalue weighted by atomic mass is 10.3. The van der Waals surface area contributed by atoms with E-state index in [2.05, 4.69) is 0 Å². The van der Waals surface area contributed by atoms with Crippen LogP contribution >= 0.6 is 11.6 Å². The Morgan fingerprint density at radius 3 is 2.80 bits per heavy atom. The number of hydrogen-bond donors (Lipinski definition) is 0. The molecule has 0 saturated carbocycles. The summed E-state index contributed by atoms with van der Waals surface area (Å²) < 4.78 is 5.13. The molecule has 0 radical (unpaired) electrons. The second-order valence-electron chi connectivity index (χ2n) is 2.68. The molecule has 0 unspecified atom stereocenters. The van der Waals surface area contributed by atoms with Crippen LogP contribution < -0.4 is 4.74 Å². The number of rotatable bonds is 5. The van der Waals surface area contributed by atoms with Crippen molar-refractivity contribution in [2.45, 2.75) is 6.42 Å². The van der Waals surface area contributed by atoms with Gasteiger partial charge in [-0.2, -0.15) is 0 Å². The van der Waals surface area contributed by atoms with Crippen LogP contribution in [0.4, 0.5) is 5.69 Å². The standard InChI is InChI=1S/C9H8ClNO4/c10-8-6-7(11(13)14)2-3-9(8)15-5-1-4-12/h2-4,6H,1,5H2. The first kappa shape index (κ1) is 11.5. The lowest BCUT2D eigenvalue weighted by molar-refractivity contribution is -0.384. The smallest absolute Gasteiger partial charge is 0.271 e. The fourth-order valence-electron chi connectivity index (χ4n) is 0.937. The molecule has 0 fully saturated rings. The zero-order valence-electron chi connectivity index (χ0n) is 7.68. The average Bonchev–Trinajstić information content (AvgIpc) is 2.20. The third-order valence-corrected chi connectivity index (χ3v) is 1.91. The first-order valence-electron chi connectivity index (χ1n) is 4.15. The fourth-order valence-corrected chi connectivity index (χ4v) is 1.17. The van der Waals surface area contributed by atoms with Gasteiger partial charge in [0.1, 0.15) is 12.0 Å². The van der Waals surface area contributed by atoms with Crippen molar-refractivity contribution in [3.63, 3.8) is 0 Å². The summed E-state index contributed by atoms with van der Waals surface area (Å²) in [5.41, 5.74) is -0.0947. The largest absolute Gasteiger partial charge is 0.492 e. The van der Waals surface area contributed by atoms with Gasteiger partial charge in [0.15, 0.2) is 0 Å². The molecule has 0 amide bonds. The first-order chi connectivity index (χ1) is 7.15. The van der Waals surface area contributed by atoms with Crippen LogP contribution in [0.25, 0.3) is 0 Å². The molecule has 0 heterocycles. The van der Waals surface area contributed by atoms with Crippen LogP contribution in [0.5, 0.6) is 5.75 Å². The summed E-state index contributed by atoms with van der Waals surface area (Å²) in [6.45, 7) is 0.209. The van der Waals surface area contributed by atoms with E-state index in [9.17, 15) is 14.9 Å². The normalized spacial score (nSPS) is 9.67. The quantitative estimate of drug-likeness (QED) is 0.336. The molecule has 0 aliphatic carbocycles. The molecule has 1 rings (SSSR count). The van der Waals surface area contributed by atoms with E-state index in [0.29, 0.717) is 5.75 Å². The molecule has 0 spiro atoms. The average molecular weight is 230 g/mol. The van der Waals surface area contributed by atoms with Gasteiger partial charge in [0.2, 0.25) is 0 Å². The summed E-state index contributed by atoms with van der Waals surface area (Å²) in [7, 11) is 0. The Morgan fingerprint density at radius 2 is 2.27 bits per heavy atom. The van der Waals surface area contributed by atoms with E-state index in [1.54, 1.807) is 0 Å². The van der Waals surface area contributed by atoms with E-state index in [4.69, 9.17) is 16.3 Å². The summed E-state index contributed by atoms with van der Waals surface area (Å²) >= 11 is 5.73. The number of hydrogen-bond acceptors (Lipinski definition) is 4. The highest BCUT2D eigenvalue weighted by Gasteiger charge is 2.09. The first-order valence-corrected chi connectivity index (χ1v) is 4.53. The summed E-state index contributed by atoms with van der Waals surface area (Å²) in [4.78, 5) is 19.9. The van der Waals surface area contributed by atoms with Crippen LogP contribution in [0.15, 0.2) is 18.2 Å². The van der Waals surface area contributed by atoms with E-state index in [1.807, 2.05) is 0 Å². The van der Waals surface area contributed by atoms with Gasteiger partial charge in [-0.05, 0) is 6.07 Å². The number of aldehydes is 1. The third kappa shape index (κ3) is 3.21. The second kappa shape index (κ2) is 5.31. The van der Waals surface area contributed by atoms with Gasteiger partial charge >= 0.3 is 0 Å². The molecule has 80 valence electrons. The number of benzene rings is 1.